The van der Waals surface area contributed by atoms with Crippen molar-refractivity contribution in [2.24, 2.45) is 0 Å². The number of aromatic nitrogens is 1. The van der Waals surface area contributed by atoms with E-state index < -0.39 is 23.4 Å². The first-order valence-electron chi connectivity index (χ1n) is 8.75. The average molecular weight is 360 g/mol. The van der Waals surface area contributed by atoms with Crippen molar-refractivity contribution < 1.29 is 19.1 Å². The van der Waals surface area contributed by atoms with Crippen molar-refractivity contribution in [3.05, 3.63) is 36.0 Å². The molecule has 0 unspecified atom stereocenters. The van der Waals surface area contributed by atoms with Gasteiger partial charge in [-0.05, 0) is 59.6 Å². The molecule has 2 aromatic rings. The van der Waals surface area contributed by atoms with Crippen LogP contribution in [0.2, 0.25) is 0 Å². The van der Waals surface area contributed by atoms with Gasteiger partial charge in [-0.2, -0.15) is 0 Å². The van der Waals surface area contributed by atoms with Gasteiger partial charge in [0.1, 0.15) is 11.2 Å². The Kier molecular flexibility index (Phi) is 5.64. The number of fused-ring (bicyclic) bond motifs is 1. The number of nitrogens with zero attached hydrogens (tertiary/aromatic N) is 1. The van der Waals surface area contributed by atoms with E-state index in [2.05, 4.69) is 5.32 Å². The van der Waals surface area contributed by atoms with Gasteiger partial charge in [0.25, 0.3) is 0 Å². The van der Waals surface area contributed by atoms with Gasteiger partial charge in [0.05, 0.1) is 5.52 Å². The molecule has 0 aliphatic heterocycles. The fraction of sp³-hybridized carbons (Fsp3) is 0.500. The van der Waals surface area contributed by atoms with Crippen LogP contribution in [0.5, 0.6) is 0 Å². The van der Waals surface area contributed by atoms with Crippen LogP contribution >= 0.6 is 0 Å². The molecule has 6 heteroatoms. The Labute approximate surface area is 154 Å². The summed E-state index contributed by atoms with van der Waals surface area (Å²) in [5.41, 5.74) is 0.647. The summed E-state index contributed by atoms with van der Waals surface area (Å²) in [6.07, 6.45) is 1.49. The number of rotatable bonds is 3. The van der Waals surface area contributed by atoms with Gasteiger partial charge in [-0.15, -0.1) is 0 Å². The number of carbonyl (C=O) groups excluding carboxylic acids is 2. The Morgan fingerprint density at radius 2 is 1.62 bits per heavy atom. The number of nitrogens with one attached hydrogen (secondary N) is 1. The molecule has 0 aliphatic rings. The number of hydrogen-bond acceptors (Lipinski definition) is 4. The second-order valence-electron chi connectivity index (χ2n) is 8.20. The quantitative estimate of drug-likeness (QED) is 0.875. The maximum atomic E-state index is 12.5. The van der Waals surface area contributed by atoms with E-state index in [9.17, 15) is 9.59 Å². The Morgan fingerprint density at radius 3 is 2.23 bits per heavy atom. The maximum absolute atomic E-state index is 12.5. The standard InChI is InChI=1S/C20H28N2O4/c1-19(2,3)25-17(23)21-12-11-14-13-22(18(24)26-20(4,5)6)16-10-8-7-9-15(14)16/h7-10,13H,11-12H2,1-6H3,(H,21,23). The molecule has 0 spiro atoms. The Balaban J connectivity index is 2.13. The fourth-order valence-corrected chi connectivity index (χ4v) is 2.52. The number of para-hydroxylation sites is 1. The van der Waals surface area contributed by atoms with Gasteiger partial charge in [0.15, 0.2) is 0 Å². The Hall–Kier alpha value is -2.50. The summed E-state index contributed by atoms with van der Waals surface area (Å²) in [5, 5.41) is 3.70. The molecule has 0 saturated carbocycles. The molecule has 0 radical (unpaired) electrons. The highest BCUT2D eigenvalue weighted by Gasteiger charge is 2.21. The Bertz CT molecular complexity index is 794. The van der Waals surface area contributed by atoms with Crippen LogP contribution in [-0.4, -0.2) is 34.5 Å². The van der Waals surface area contributed by atoms with Gasteiger partial charge < -0.3 is 14.8 Å². The molecule has 2 rings (SSSR count). The first-order chi connectivity index (χ1) is 12.0. The molecule has 0 saturated heterocycles. The number of amides is 1. The van der Waals surface area contributed by atoms with E-state index in [4.69, 9.17) is 9.47 Å². The summed E-state index contributed by atoms with van der Waals surface area (Å²) in [4.78, 5) is 24.2. The van der Waals surface area contributed by atoms with Crippen molar-refractivity contribution in [2.75, 3.05) is 6.54 Å². The van der Waals surface area contributed by atoms with Gasteiger partial charge in [0.2, 0.25) is 0 Å². The van der Waals surface area contributed by atoms with Crippen LogP contribution in [0.4, 0.5) is 9.59 Å². The predicted molar refractivity (Wildman–Crippen MR) is 102 cm³/mol. The van der Waals surface area contributed by atoms with E-state index in [0.717, 1.165) is 16.5 Å². The Morgan fingerprint density at radius 1 is 1.00 bits per heavy atom. The van der Waals surface area contributed by atoms with Crippen molar-refractivity contribution in [2.45, 2.75) is 59.2 Å². The number of ether oxygens (including phenoxy) is 2. The first-order valence-corrected chi connectivity index (χ1v) is 8.75. The van der Waals surface area contributed by atoms with Gasteiger partial charge in [-0.1, -0.05) is 18.2 Å². The molecule has 1 amide bonds. The van der Waals surface area contributed by atoms with Gasteiger partial charge in [-0.3, -0.25) is 4.57 Å². The average Bonchev–Trinajstić information content (AvgIpc) is 2.83. The van der Waals surface area contributed by atoms with Gasteiger partial charge in [-0.25, -0.2) is 9.59 Å². The molecule has 1 aromatic carbocycles. The monoisotopic (exact) mass is 360 g/mol. The second kappa shape index (κ2) is 7.40. The first kappa shape index (κ1) is 19.8. The molecule has 1 heterocycles. The molecule has 26 heavy (non-hydrogen) atoms. The highest BCUT2D eigenvalue weighted by molar-refractivity contribution is 5.92. The molecule has 6 nitrogen and oxygen atoms in total. The zero-order valence-electron chi connectivity index (χ0n) is 16.4. The lowest BCUT2D eigenvalue weighted by atomic mass is 10.1. The largest absolute Gasteiger partial charge is 0.444 e. The molecule has 0 aliphatic carbocycles. The van der Waals surface area contributed by atoms with Crippen molar-refractivity contribution >= 4 is 23.1 Å². The summed E-state index contributed by atoms with van der Waals surface area (Å²) >= 11 is 0. The third-order valence-electron chi connectivity index (χ3n) is 3.45. The van der Waals surface area contributed by atoms with E-state index in [1.807, 2.05) is 65.8 Å². The van der Waals surface area contributed by atoms with Crippen LogP contribution in [0.3, 0.4) is 0 Å². The van der Waals surface area contributed by atoms with E-state index in [1.54, 1.807) is 6.20 Å². The smallest absolute Gasteiger partial charge is 0.419 e. The minimum Gasteiger partial charge on any atom is -0.444 e. The lowest BCUT2D eigenvalue weighted by molar-refractivity contribution is 0.0521. The van der Waals surface area contributed by atoms with Gasteiger partial charge in [0, 0.05) is 18.1 Å². The lowest BCUT2D eigenvalue weighted by Crippen LogP contribution is -2.33. The van der Waals surface area contributed by atoms with E-state index in [0.29, 0.717) is 13.0 Å². The summed E-state index contributed by atoms with van der Waals surface area (Å²) in [7, 11) is 0. The van der Waals surface area contributed by atoms with Gasteiger partial charge >= 0.3 is 12.2 Å². The highest BCUT2D eigenvalue weighted by atomic mass is 16.6. The summed E-state index contributed by atoms with van der Waals surface area (Å²) < 4.78 is 12.2. The zero-order chi connectivity index (χ0) is 19.5. The number of hydrogen-bond donors (Lipinski definition) is 1. The minimum atomic E-state index is -0.569. The minimum absolute atomic E-state index is 0.414. The van der Waals surface area contributed by atoms with E-state index in [-0.39, 0.29) is 0 Å². The fourth-order valence-electron chi connectivity index (χ4n) is 2.52. The molecule has 1 N–H and O–H groups in total. The van der Waals surface area contributed by atoms with Crippen molar-refractivity contribution in [3.63, 3.8) is 0 Å². The van der Waals surface area contributed by atoms with Crippen molar-refractivity contribution in [3.8, 4) is 0 Å². The third kappa shape index (κ3) is 5.51. The summed E-state index contributed by atoms with van der Waals surface area (Å²) in [6, 6.07) is 7.64. The number of alkyl carbamates (subject to hydrolysis) is 1. The highest BCUT2D eigenvalue weighted by Crippen LogP contribution is 2.23. The topological polar surface area (TPSA) is 69.6 Å². The van der Waals surface area contributed by atoms with Crippen LogP contribution in [0.1, 0.15) is 47.1 Å². The molecule has 0 atom stereocenters. The number of carbonyl (C=O) groups is 2. The van der Waals surface area contributed by atoms with Crippen LogP contribution in [0.25, 0.3) is 10.9 Å². The molecular weight excluding hydrogens is 332 g/mol. The SMILES string of the molecule is CC(C)(C)OC(=O)NCCc1cn(C(=O)OC(C)(C)C)c2ccccc12. The van der Waals surface area contributed by atoms with Crippen LogP contribution in [0, 0.1) is 0 Å². The van der Waals surface area contributed by atoms with E-state index >= 15 is 0 Å². The molecule has 0 fully saturated rings. The third-order valence-corrected chi connectivity index (χ3v) is 3.45. The summed E-state index contributed by atoms with van der Waals surface area (Å²) in [6.45, 7) is 11.4. The molecule has 0 bridgehead atoms. The van der Waals surface area contributed by atoms with Crippen LogP contribution in [-0.2, 0) is 15.9 Å². The molecule has 142 valence electrons. The van der Waals surface area contributed by atoms with Crippen molar-refractivity contribution in [1.82, 2.24) is 9.88 Å². The zero-order valence-corrected chi connectivity index (χ0v) is 16.4. The lowest BCUT2D eigenvalue weighted by Gasteiger charge is -2.19. The maximum Gasteiger partial charge on any atom is 0.419 e. The second-order valence-corrected chi connectivity index (χ2v) is 8.20. The predicted octanol–water partition coefficient (Wildman–Crippen LogP) is 4.49. The van der Waals surface area contributed by atoms with E-state index in [1.165, 1.54) is 4.57 Å². The summed E-state index contributed by atoms with van der Waals surface area (Å²) in [5.74, 6) is 0. The number of benzene rings is 1. The van der Waals surface area contributed by atoms with Crippen molar-refractivity contribution in [1.29, 1.82) is 0 Å². The molecular formula is C20H28N2O4. The van der Waals surface area contributed by atoms with Crippen LogP contribution < -0.4 is 5.32 Å². The normalized spacial score (nSPS) is 12.1. The van der Waals surface area contributed by atoms with Crippen LogP contribution in [0.15, 0.2) is 30.5 Å². The molecule has 1 aromatic heterocycles.